The molecule has 5 nitrogen and oxygen atoms in total. The monoisotopic (exact) mass is 299 g/mol. The second-order valence-electron chi connectivity index (χ2n) is 5.12. The molecule has 1 aromatic heterocycles. The molecule has 0 saturated heterocycles. The van der Waals surface area contributed by atoms with Crippen molar-refractivity contribution in [3.8, 4) is 5.69 Å². The zero-order valence-electron chi connectivity index (χ0n) is 13.0. The lowest BCUT2D eigenvalue weighted by atomic mass is 10.2. The van der Waals surface area contributed by atoms with Crippen molar-refractivity contribution >= 4 is 23.8 Å². The van der Waals surface area contributed by atoms with Gasteiger partial charge in [0.2, 0.25) is 12.3 Å². The highest BCUT2D eigenvalue weighted by Crippen LogP contribution is 2.22. The average Bonchev–Trinajstić information content (AvgIpc) is 2.98. The van der Waals surface area contributed by atoms with Crippen molar-refractivity contribution in [2.45, 2.75) is 26.7 Å². The van der Waals surface area contributed by atoms with Crippen molar-refractivity contribution < 1.29 is 9.59 Å². The molecule has 5 heteroatoms. The van der Waals surface area contributed by atoms with Crippen LogP contribution in [-0.2, 0) is 9.59 Å². The van der Waals surface area contributed by atoms with Crippen molar-refractivity contribution in [3.05, 3.63) is 42.6 Å². The lowest BCUT2D eigenvalue weighted by Gasteiger charge is -2.19. The average molecular weight is 299 g/mol. The Bertz CT molecular complexity index is 632. The van der Waals surface area contributed by atoms with Crippen LogP contribution >= 0.6 is 0 Å². The molecule has 0 bridgehead atoms. The number of rotatable bonds is 7. The van der Waals surface area contributed by atoms with Crippen molar-refractivity contribution in [2.75, 3.05) is 16.8 Å². The fourth-order valence-corrected chi connectivity index (χ4v) is 2.28. The smallest absolute Gasteiger partial charge is 0.221 e. The summed E-state index contributed by atoms with van der Waals surface area (Å²) in [6, 6.07) is 11.4. The van der Waals surface area contributed by atoms with Gasteiger partial charge in [-0.3, -0.25) is 9.59 Å². The summed E-state index contributed by atoms with van der Waals surface area (Å²) in [5, 5.41) is 2.74. The minimum atomic E-state index is -0.0962. The van der Waals surface area contributed by atoms with Gasteiger partial charge in [-0.1, -0.05) is 13.3 Å². The lowest BCUT2D eigenvalue weighted by Crippen LogP contribution is -2.24. The maximum absolute atomic E-state index is 11.3. The minimum Gasteiger partial charge on any atom is -0.326 e. The predicted molar refractivity (Wildman–Crippen MR) is 88.4 cm³/mol. The van der Waals surface area contributed by atoms with Gasteiger partial charge >= 0.3 is 0 Å². The Hall–Kier alpha value is -2.56. The Morgan fingerprint density at radius 3 is 2.59 bits per heavy atom. The van der Waals surface area contributed by atoms with Crippen LogP contribution in [0.15, 0.2) is 42.6 Å². The molecular weight excluding hydrogens is 278 g/mol. The summed E-state index contributed by atoms with van der Waals surface area (Å²) in [6.07, 6.45) is 4.79. The van der Waals surface area contributed by atoms with E-state index in [4.69, 9.17) is 0 Å². The van der Waals surface area contributed by atoms with Gasteiger partial charge in [0.1, 0.15) is 5.82 Å². The highest BCUT2D eigenvalue weighted by Gasteiger charge is 2.10. The number of anilines is 2. The second-order valence-corrected chi connectivity index (χ2v) is 5.12. The first-order valence-electron chi connectivity index (χ1n) is 7.43. The maximum atomic E-state index is 11.3. The number of nitrogens with one attached hydrogen (secondary N) is 1. The predicted octanol–water partition coefficient (Wildman–Crippen LogP) is 3.20. The number of amides is 2. The molecule has 0 radical (unpaired) electrons. The topological polar surface area (TPSA) is 54.3 Å². The summed E-state index contributed by atoms with van der Waals surface area (Å²) in [7, 11) is 0. The van der Waals surface area contributed by atoms with Crippen molar-refractivity contribution in [1.29, 1.82) is 0 Å². The molecule has 1 heterocycles. The molecule has 2 amide bonds. The molecule has 2 aromatic rings. The van der Waals surface area contributed by atoms with Gasteiger partial charge in [0, 0.05) is 31.0 Å². The van der Waals surface area contributed by atoms with Crippen LogP contribution in [0.5, 0.6) is 0 Å². The first kappa shape index (κ1) is 15.8. The van der Waals surface area contributed by atoms with E-state index >= 15 is 0 Å². The summed E-state index contributed by atoms with van der Waals surface area (Å²) >= 11 is 0. The van der Waals surface area contributed by atoms with Crippen LogP contribution in [0.3, 0.4) is 0 Å². The maximum Gasteiger partial charge on any atom is 0.221 e. The molecular formula is C17H21N3O2. The lowest BCUT2D eigenvalue weighted by molar-refractivity contribution is -0.114. The van der Waals surface area contributed by atoms with Crippen LogP contribution in [0.25, 0.3) is 5.69 Å². The molecule has 0 spiro atoms. The third-order valence-corrected chi connectivity index (χ3v) is 3.37. The van der Waals surface area contributed by atoms with E-state index in [0.717, 1.165) is 36.4 Å². The van der Waals surface area contributed by atoms with Crippen LogP contribution in [-0.4, -0.2) is 23.4 Å². The van der Waals surface area contributed by atoms with Crippen LogP contribution < -0.4 is 10.2 Å². The van der Waals surface area contributed by atoms with Crippen molar-refractivity contribution in [3.63, 3.8) is 0 Å². The molecule has 0 atom stereocenters. The number of unbranched alkanes of at least 4 members (excludes halogenated alkanes) is 1. The number of nitrogens with zero attached hydrogens (tertiary/aromatic N) is 2. The van der Waals surface area contributed by atoms with Crippen LogP contribution in [0.1, 0.15) is 26.7 Å². The van der Waals surface area contributed by atoms with Crippen LogP contribution in [0, 0.1) is 0 Å². The van der Waals surface area contributed by atoms with E-state index in [0.29, 0.717) is 6.54 Å². The molecule has 0 saturated carbocycles. The molecule has 1 aromatic carbocycles. The first-order valence-corrected chi connectivity index (χ1v) is 7.43. The van der Waals surface area contributed by atoms with E-state index in [1.165, 1.54) is 6.92 Å². The molecule has 0 aliphatic carbocycles. The molecule has 22 heavy (non-hydrogen) atoms. The van der Waals surface area contributed by atoms with Crippen LogP contribution in [0.4, 0.5) is 11.5 Å². The highest BCUT2D eigenvalue weighted by molar-refractivity contribution is 5.88. The molecule has 0 unspecified atom stereocenters. The standard InChI is InChI=1S/C17H21N3O2/c1-3-4-11-19(13-21)17-6-5-12-20(17)16-9-7-15(8-10-16)18-14(2)22/h5-10,12-13H,3-4,11H2,1-2H3,(H,18,22). The van der Waals surface area contributed by atoms with Gasteiger partial charge in [0.25, 0.3) is 0 Å². The Kier molecular flexibility index (Phi) is 5.36. The molecule has 116 valence electrons. The van der Waals surface area contributed by atoms with Gasteiger partial charge in [0.05, 0.1) is 0 Å². The van der Waals surface area contributed by atoms with Crippen LogP contribution in [0.2, 0.25) is 0 Å². The minimum absolute atomic E-state index is 0.0962. The van der Waals surface area contributed by atoms with Gasteiger partial charge in [-0.2, -0.15) is 0 Å². The van der Waals surface area contributed by atoms with Crippen molar-refractivity contribution in [2.24, 2.45) is 0 Å². The largest absolute Gasteiger partial charge is 0.326 e. The summed E-state index contributed by atoms with van der Waals surface area (Å²) in [5.74, 6) is 0.747. The SMILES string of the molecule is CCCCN(C=O)c1cccn1-c1ccc(NC(C)=O)cc1. The summed E-state index contributed by atoms with van der Waals surface area (Å²) in [4.78, 5) is 24.1. The number of aromatic nitrogens is 1. The number of hydrogen-bond donors (Lipinski definition) is 1. The number of carbonyl (C=O) groups is 2. The van der Waals surface area contributed by atoms with E-state index in [1.54, 1.807) is 4.90 Å². The molecule has 0 aliphatic rings. The third-order valence-electron chi connectivity index (χ3n) is 3.37. The van der Waals surface area contributed by atoms with Gasteiger partial charge < -0.3 is 14.8 Å². The zero-order chi connectivity index (χ0) is 15.9. The van der Waals surface area contributed by atoms with E-state index in [9.17, 15) is 9.59 Å². The Balaban J connectivity index is 2.24. The number of hydrogen-bond acceptors (Lipinski definition) is 2. The quantitative estimate of drug-likeness (QED) is 0.798. The van der Waals surface area contributed by atoms with E-state index in [-0.39, 0.29) is 5.91 Å². The van der Waals surface area contributed by atoms with Gasteiger partial charge in [-0.05, 0) is 42.8 Å². The summed E-state index contributed by atoms with van der Waals surface area (Å²) in [5.41, 5.74) is 1.70. The molecule has 0 aliphatic heterocycles. The second kappa shape index (κ2) is 7.45. The third kappa shape index (κ3) is 3.75. The van der Waals surface area contributed by atoms with Gasteiger partial charge in [-0.25, -0.2) is 0 Å². The zero-order valence-corrected chi connectivity index (χ0v) is 13.0. The van der Waals surface area contributed by atoms with E-state index < -0.39 is 0 Å². The first-order chi connectivity index (χ1) is 10.7. The summed E-state index contributed by atoms with van der Waals surface area (Å²) in [6.45, 7) is 4.28. The molecule has 1 N–H and O–H groups in total. The van der Waals surface area contributed by atoms with E-state index in [1.807, 2.05) is 47.2 Å². The Morgan fingerprint density at radius 1 is 1.27 bits per heavy atom. The normalized spacial score (nSPS) is 10.3. The van der Waals surface area contributed by atoms with E-state index in [2.05, 4.69) is 12.2 Å². The van der Waals surface area contributed by atoms with Gasteiger partial charge in [0.15, 0.2) is 0 Å². The summed E-state index contributed by atoms with van der Waals surface area (Å²) < 4.78 is 1.96. The highest BCUT2D eigenvalue weighted by atomic mass is 16.1. The number of benzene rings is 1. The Morgan fingerprint density at radius 2 is 2.00 bits per heavy atom. The Labute approximate surface area is 130 Å². The number of carbonyl (C=O) groups excluding carboxylic acids is 2. The fourth-order valence-electron chi connectivity index (χ4n) is 2.28. The van der Waals surface area contributed by atoms with Gasteiger partial charge in [-0.15, -0.1) is 0 Å². The molecule has 2 rings (SSSR count). The molecule has 0 fully saturated rings. The van der Waals surface area contributed by atoms with Crippen molar-refractivity contribution in [1.82, 2.24) is 4.57 Å². The fraction of sp³-hybridized carbons (Fsp3) is 0.294.